The van der Waals surface area contributed by atoms with Gasteiger partial charge >= 0.3 is 12.0 Å². The Balaban J connectivity index is 1.82. The number of halogens is 3. The van der Waals surface area contributed by atoms with Crippen LogP contribution in [-0.4, -0.2) is 17.0 Å². The largest absolute Gasteiger partial charge is 0.406 e. The molecule has 0 radical (unpaired) electrons. The van der Waals surface area contributed by atoms with Gasteiger partial charge in [0.2, 0.25) is 5.88 Å². The number of carbonyl (C=O) groups is 2. The number of nitriles is 1. The monoisotopic (exact) mass is 452 g/mol. The number of nitrogens with two attached hydrogens (primary N) is 1. The molecule has 2 N–H and O–H groups in total. The summed E-state index contributed by atoms with van der Waals surface area (Å²) in [4.78, 5) is 29.2. The van der Waals surface area contributed by atoms with Gasteiger partial charge in [0, 0.05) is 15.6 Å². The van der Waals surface area contributed by atoms with Crippen molar-refractivity contribution < 1.29 is 18.7 Å². The number of hydrogen-bond donors (Lipinski definition) is 1. The van der Waals surface area contributed by atoms with Crippen molar-refractivity contribution in [1.29, 1.82) is 5.26 Å². The van der Waals surface area contributed by atoms with Crippen LogP contribution in [0.3, 0.4) is 0 Å². The van der Waals surface area contributed by atoms with Gasteiger partial charge in [0.25, 0.3) is 0 Å². The minimum absolute atomic E-state index is 0.107. The zero-order valence-electron chi connectivity index (χ0n) is 14.5. The Hall–Kier alpha value is -2.54. The molecule has 1 unspecified atom stereocenters. The molecule has 1 atom stereocenters. The number of urea groups is 1. The number of hydrogen-bond acceptors (Lipinski definition) is 6. The number of pyridine rings is 1. The average Bonchev–Trinajstić information content (AvgIpc) is 3.43. The molecule has 2 heterocycles. The van der Waals surface area contributed by atoms with Gasteiger partial charge in [0.15, 0.2) is 5.82 Å². The molecule has 1 aromatic heterocycles. The van der Waals surface area contributed by atoms with Crippen molar-refractivity contribution >= 4 is 52.7 Å². The third kappa shape index (κ3) is 3.48. The highest BCUT2D eigenvalue weighted by Gasteiger charge is 2.42. The summed E-state index contributed by atoms with van der Waals surface area (Å²) in [5.41, 5.74) is 5.84. The number of aromatic nitrogens is 1. The molecule has 1 aliphatic carbocycles. The molecule has 2 amide bonds. The van der Waals surface area contributed by atoms with Crippen LogP contribution < -0.4 is 15.4 Å². The van der Waals surface area contributed by atoms with E-state index in [1.807, 2.05) is 6.07 Å². The molecular formula is C18H11Cl2FN4O3S. The fraction of sp³-hybridized carbons (Fsp3) is 0.222. The van der Waals surface area contributed by atoms with Crippen LogP contribution in [0.25, 0.3) is 0 Å². The Bertz CT molecular complexity index is 1080. The smallest absolute Gasteiger partial charge is 0.320 e. The lowest BCUT2D eigenvalue weighted by atomic mass is 10.1. The Labute approximate surface area is 178 Å². The summed E-state index contributed by atoms with van der Waals surface area (Å²) >= 11 is 13.6. The first-order valence-corrected chi connectivity index (χ1v) is 10.00. The number of fused-ring (bicyclic) bond motifs is 1. The normalized spacial score (nSPS) is 17.6. The number of ether oxygens (including phenoxy) is 1. The standard InChI is InChI=1S/C18H11Cl2FN4O3S/c19-9-3-7(5-22)4-10(20)12(9)16-25(18(23)27)13-11(21)6-24-15(14(13)29-16)28-17(26)8-1-2-8/h3-4,6,8,16H,1-2H2,(H2,23,27). The van der Waals surface area contributed by atoms with Crippen molar-refractivity contribution in [1.82, 2.24) is 4.98 Å². The van der Waals surface area contributed by atoms with E-state index in [9.17, 15) is 14.0 Å². The predicted octanol–water partition coefficient (Wildman–Crippen LogP) is 4.40. The van der Waals surface area contributed by atoms with Crippen molar-refractivity contribution in [3.63, 3.8) is 0 Å². The van der Waals surface area contributed by atoms with E-state index in [4.69, 9.17) is 38.9 Å². The van der Waals surface area contributed by atoms with Crippen molar-refractivity contribution in [2.45, 2.75) is 23.1 Å². The number of esters is 1. The number of primary amides is 1. The van der Waals surface area contributed by atoms with Crippen molar-refractivity contribution in [3.05, 3.63) is 45.3 Å². The minimum Gasteiger partial charge on any atom is -0.406 e. The summed E-state index contributed by atoms with van der Waals surface area (Å²) in [6.07, 6.45) is 2.30. The maximum atomic E-state index is 14.6. The molecule has 148 valence electrons. The van der Waals surface area contributed by atoms with E-state index in [2.05, 4.69) is 4.98 Å². The molecule has 2 aromatic rings. The van der Waals surface area contributed by atoms with Crippen LogP contribution in [0.4, 0.5) is 14.9 Å². The SMILES string of the molecule is N#Cc1cc(Cl)c(C2Sc3c(OC(=O)C4CC4)ncc(F)c3N2C(N)=O)c(Cl)c1. The summed E-state index contributed by atoms with van der Waals surface area (Å²) in [6.45, 7) is 0. The van der Waals surface area contributed by atoms with Gasteiger partial charge in [-0.15, -0.1) is 0 Å². The molecular weight excluding hydrogens is 442 g/mol. The van der Waals surface area contributed by atoms with Crippen LogP contribution in [0, 0.1) is 23.1 Å². The van der Waals surface area contributed by atoms with Gasteiger partial charge < -0.3 is 10.5 Å². The summed E-state index contributed by atoms with van der Waals surface area (Å²) < 4.78 is 19.9. The quantitative estimate of drug-likeness (QED) is 0.690. The van der Waals surface area contributed by atoms with Crippen LogP contribution in [0.15, 0.2) is 23.2 Å². The highest BCUT2D eigenvalue weighted by atomic mass is 35.5. The van der Waals surface area contributed by atoms with E-state index in [1.54, 1.807) is 0 Å². The molecule has 1 aliphatic heterocycles. The Kier molecular flexibility index (Phi) is 5.02. The maximum absolute atomic E-state index is 14.6. The molecule has 0 bridgehead atoms. The zero-order valence-corrected chi connectivity index (χ0v) is 16.8. The highest BCUT2D eigenvalue weighted by molar-refractivity contribution is 8.00. The second-order valence-electron chi connectivity index (χ2n) is 6.43. The van der Waals surface area contributed by atoms with Crippen molar-refractivity contribution in [2.24, 2.45) is 11.7 Å². The van der Waals surface area contributed by atoms with Crippen LogP contribution in [0.2, 0.25) is 10.0 Å². The van der Waals surface area contributed by atoms with E-state index < -0.39 is 23.2 Å². The minimum atomic E-state index is -0.956. The zero-order chi connectivity index (χ0) is 20.9. The van der Waals surface area contributed by atoms with Gasteiger partial charge in [-0.3, -0.25) is 9.69 Å². The fourth-order valence-electron chi connectivity index (χ4n) is 2.93. The van der Waals surface area contributed by atoms with Crippen molar-refractivity contribution in [3.8, 4) is 11.9 Å². The van der Waals surface area contributed by atoms with E-state index in [1.165, 1.54) is 12.1 Å². The first-order chi connectivity index (χ1) is 13.8. The lowest BCUT2D eigenvalue weighted by Crippen LogP contribution is -2.36. The summed E-state index contributed by atoms with van der Waals surface area (Å²) in [5.74, 6) is -1.59. The molecule has 0 spiro atoms. The average molecular weight is 453 g/mol. The highest BCUT2D eigenvalue weighted by Crippen LogP contribution is 2.57. The molecule has 1 fully saturated rings. The lowest BCUT2D eigenvalue weighted by molar-refractivity contribution is -0.136. The Morgan fingerprint density at radius 1 is 1.34 bits per heavy atom. The molecule has 1 saturated carbocycles. The second kappa shape index (κ2) is 7.37. The maximum Gasteiger partial charge on any atom is 0.320 e. The third-order valence-corrected chi connectivity index (χ3v) is 6.33. The first kappa shape index (κ1) is 19.8. The van der Waals surface area contributed by atoms with Gasteiger partial charge in [-0.05, 0) is 25.0 Å². The lowest BCUT2D eigenvalue weighted by Gasteiger charge is -2.24. The number of thioether (sulfide) groups is 1. The third-order valence-electron chi connectivity index (χ3n) is 4.44. The van der Waals surface area contributed by atoms with E-state index in [0.29, 0.717) is 0 Å². The Morgan fingerprint density at radius 2 is 2.00 bits per heavy atom. The van der Waals surface area contributed by atoms with Crippen LogP contribution in [-0.2, 0) is 4.79 Å². The number of benzene rings is 1. The molecule has 29 heavy (non-hydrogen) atoms. The molecule has 2 aliphatic rings. The van der Waals surface area contributed by atoms with Crippen LogP contribution in [0.5, 0.6) is 5.88 Å². The molecule has 11 heteroatoms. The van der Waals surface area contributed by atoms with Gasteiger partial charge in [-0.2, -0.15) is 5.26 Å². The first-order valence-electron chi connectivity index (χ1n) is 8.36. The van der Waals surface area contributed by atoms with E-state index >= 15 is 0 Å². The van der Waals surface area contributed by atoms with Gasteiger partial charge in [-0.25, -0.2) is 14.2 Å². The van der Waals surface area contributed by atoms with Gasteiger partial charge in [0.1, 0.15) is 11.1 Å². The van der Waals surface area contributed by atoms with Gasteiger partial charge in [-0.1, -0.05) is 35.0 Å². The second-order valence-corrected chi connectivity index (χ2v) is 8.33. The Morgan fingerprint density at radius 3 is 2.55 bits per heavy atom. The molecule has 4 rings (SSSR count). The predicted molar refractivity (Wildman–Crippen MR) is 104 cm³/mol. The van der Waals surface area contributed by atoms with Gasteiger partial charge in [0.05, 0.1) is 28.6 Å². The van der Waals surface area contributed by atoms with E-state index in [0.717, 1.165) is 35.7 Å². The number of nitrogens with zero attached hydrogens (tertiary/aromatic N) is 3. The van der Waals surface area contributed by atoms with E-state index in [-0.39, 0.29) is 43.6 Å². The molecule has 0 saturated heterocycles. The van der Waals surface area contributed by atoms with Crippen molar-refractivity contribution in [2.75, 3.05) is 4.90 Å². The summed E-state index contributed by atoms with van der Waals surface area (Å²) in [6, 6.07) is 3.74. The number of carbonyl (C=O) groups excluding carboxylic acids is 2. The summed E-state index contributed by atoms with van der Waals surface area (Å²) in [5, 5.41) is 8.34. The number of anilines is 1. The molecule has 7 nitrogen and oxygen atoms in total. The summed E-state index contributed by atoms with van der Waals surface area (Å²) in [7, 11) is 0. The molecule has 1 aromatic carbocycles. The van der Waals surface area contributed by atoms with Crippen LogP contribution in [0.1, 0.15) is 29.3 Å². The van der Waals surface area contributed by atoms with Crippen LogP contribution >= 0.6 is 35.0 Å². The number of amides is 2. The number of rotatable bonds is 3. The topological polar surface area (TPSA) is 109 Å². The fourth-order valence-corrected chi connectivity index (χ4v) is 5.16.